The van der Waals surface area contributed by atoms with Crippen LogP contribution in [0.4, 0.5) is 10.1 Å². The van der Waals surface area contributed by atoms with Crippen LogP contribution in [0.25, 0.3) is 0 Å². The van der Waals surface area contributed by atoms with E-state index in [1.165, 1.54) is 22.5 Å². The van der Waals surface area contributed by atoms with Crippen LogP contribution in [0.1, 0.15) is 25.3 Å². The number of piperidine rings is 1. The second-order valence-electron chi connectivity index (χ2n) is 5.22. The molecule has 0 bridgehead atoms. The van der Waals surface area contributed by atoms with Crippen molar-refractivity contribution in [1.82, 2.24) is 4.31 Å². The number of nitrogens with two attached hydrogens (primary N) is 1. The molecule has 3 N–H and O–H groups in total. The van der Waals surface area contributed by atoms with Crippen molar-refractivity contribution in [2.24, 2.45) is 11.7 Å². The van der Waals surface area contributed by atoms with Gasteiger partial charge in [-0.15, -0.1) is 0 Å². The molecule has 0 radical (unpaired) electrons. The fourth-order valence-corrected chi connectivity index (χ4v) is 3.83. The van der Waals surface area contributed by atoms with Crippen molar-refractivity contribution in [3.05, 3.63) is 29.6 Å². The van der Waals surface area contributed by atoms with E-state index in [4.69, 9.17) is 5.73 Å². The largest absolute Gasteiger partial charge is 0.326 e. The summed E-state index contributed by atoms with van der Waals surface area (Å²) in [5.74, 6) is -0.0810. The molecule has 0 saturated carbocycles. The normalized spacial score (nSPS) is 20.9. The highest BCUT2D eigenvalue weighted by Crippen LogP contribution is 2.22. The van der Waals surface area contributed by atoms with Gasteiger partial charge in [0, 0.05) is 19.6 Å². The first-order chi connectivity index (χ1) is 9.42. The topological polar surface area (TPSA) is 75.4 Å². The Hall–Kier alpha value is -1.18. The smallest absolute Gasteiger partial charge is 0.301 e. The van der Waals surface area contributed by atoms with Crippen molar-refractivity contribution in [1.29, 1.82) is 0 Å². The molecule has 1 aromatic carbocycles. The molecule has 1 aliphatic rings. The average Bonchev–Trinajstić information content (AvgIpc) is 2.40. The minimum Gasteiger partial charge on any atom is -0.326 e. The second kappa shape index (κ2) is 6.07. The van der Waals surface area contributed by atoms with Crippen molar-refractivity contribution in [3.8, 4) is 0 Å². The van der Waals surface area contributed by atoms with Crippen molar-refractivity contribution < 1.29 is 12.8 Å². The molecule has 1 aliphatic heterocycles. The summed E-state index contributed by atoms with van der Waals surface area (Å²) in [6.45, 7) is 3.13. The highest BCUT2D eigenvalue weighted by Gasteiger charge is 2.27. The first-order valence-corrected chi connectivity index (χ1v) is 8.13. The molecule has 112 valence electrons. The fourth-order valence-electron chi connectivity index (χ4n) is 2.40. The molecule has 1 heterocycles. The van der Waals surface area contributed by atoms with Crippen LogP contribution in [0, 0.1) is 11.7 Å². The first-order valence-electron chi connectivity index (χ1n) is 6.69. The monoisotopic (exact) mass is 301 g/mol. The number of hydrogen-bond donors (Lipinski definition) is 2. The van der Waals surface area contributed by atoms with Crippen molar-refractivity contribution >= 4 is 15.9 Å². The average molecular weight is 301 g/mol. The molecule has 7 heteroatoms. The number of hydrogen-bond acceptors (Lipinski definition) is 3. The van der Waals surface area contributed by atoms with Gasteiger partial charge in [0.2, 0.25) is 0 Å². The molecule has 0 amide bonds. The van der Waals surface area contributed by atoms with Gasteiger partial charge in [-0.25, -0.2) is 4.39 Å². The first kappa shape index (κ1) is 15.2. The van der Waals surface area contributed by atoms with Crippen LogP contribution < -0.4 is 10.5 Å². The summed E-state index contributed by atoms with van der Waals surface area (Å²) in [7, 11) is -3.61. The van der Waals surface area contributed by atoms with Gasteiger partial charge in [0.1, 0.15) is 5.82 Å². The highest BCUT2D eigenvalue weighted by molar-refractivity contribution is 7.90. The summed E-state index contributed by atoms with van der Waals surface area (Å²) < 4.78 is 41.7. The summed E-state index contributed by atoms with van der Waals surface area (Å²) in [6.07, 6.45) is 1.89. The third-order valence-corrected chi connectivity index (χ3v) is 4.98. The highest BCUT2D eigenvalue weighted by atomic mass is 32.2. The SMILES string of the molecule is CC1CCCN(S(=O)(=O)Nc2ccc(F)cc2CN)C1. The summed E-state index contributed by atoms with van der Waals surface area (Å²) in [6, 6.07) is 3.87. The Morgan fingerprint density at radius 2 is 2.25 bits per heavy atom. The van der Waals surface area contributed by atoms with E-state index in [0.29, 0.717) is 30.3 Å². The molecule has 1 fully saturated rings. The number of anilines is 1. The predicted molar refractivity (Wildman–Crippen MR) is 76.8 cm³/mol. The van der Waals surface area contributed by atoms with Gasteiger partial charge in [0.05, 0.1) is 5.69 Å². The van der Waals surface area contributed by atoms with Crippen LogP contribution >= 0.6 is 0 Å². The zero-order chi connectivity index (χ0) is 14.8. The van der Waals surface area contributed by atoms with Crippen LogP contribution in [0.15, 0.2) is 18.2 Å². The summed E-state index contributed by atoms with van der Waals surface area (Å²) >= 11 is 0. The number of nitrogens with zero attached hydrogens (tertiary/aromatic N) is 1. The maximum Gasteiger partial charge on any atom is 0.301 e. The van der Waals surface area contributed by atoms with Gasteiger partial charge in [-0.1, -0.05) is 6.92 Å². The van der Waals surface area contributed by atoms with E-state index in [2.05, 4.69) is 4.72 Å². The van der Waals surface area contributed by atoms with E-state index >= 15 is 0 Å². The Kier molecular flexibility index (Phi) is 4.62. The third kappa shape index (κ3) is 3.47. The summed E-state index contributed by atoms with van der Waals surface area (Å²) in [4.78, 5) is 0. The lowest BCUT2D eigenvalue weighted by molar-refractivity contribution is 0.282. The molecule has 1 atom stereocenters. The Morgan fingerprint density at radius 3 is 2.90 bits per heavy atom. The molecule has 0 aromatic heterocycles. The maximum atomic E-state index is 13.1. The summed E-state index contributed by atoms with van der Waals surface area (Å²) in [5.41, 5.74) is 6.31. The Bertz CT molecular complexity index is 577. The zero-order valence-corrected chi connectivity index (χ0v) is 12.3. The van der Waals surface area contributed by atoms with Crippen molar-refractivity contribution in [3.63, 3.8) is 0 Å². The molecule has 1 aromatic rings. The predicted octanol–water partition coefficient (Wildman–Crippen LogP) is 1.67. The zero-order valence-electron chi connectivity index (χ0n) is 11.5. The third-order valence-electron chi connectivity index (χ3n) is 3.49. The van der Waals surface area contributed by atoms with E-state index in [-0.39, 0.29) is 6.54 Å². The standard InChI is InChI=1S/C13H20FN3O2S/c1-10-3-2-6-17(9-10)20(18,19)16-13-5-4-12(14)7-11(13)8-15/h4-5,7,10,16H,2-3,6,8-9,15H2,1H3. The van der Waals surface area contributed by atoms with E-state index in [1.807, 2.05) is 6.92 Å². The van der Waals surface area contributed by atoms with E-state index < -0.39 is 16.0 Å². The minimum atomic E-state index is -3.61. The van der Waals surface area contributed by atoms with Gasteiger partial charge in [0.25, 0.3) is 0 Å². The molecule has 5 nitrogen and oxygen atoms in total. The van der Waals surface area contributed by atoms with Gasteiger partial charge in [-0.3, -0.25) is 4.72 Å². The fraction of sp³-hybridized carbons (Fsp3) is 0.538. The molecule has 1 saturated heterocycles. The van der Waals surface area contributed by atoms with Crippen LogP contribution in [0.2, 0.25) is 0 Å². The molecule has 20 heavy (non-hydrogen) atoms. The molecular formula is C13H20FN3O2S. The Labute approximate surface area is 119 Å². The number of rotatable bonds is 4. The number of halogens is 1. The molecule has 2 rings (SSSR count). The minimum absolute atomic E-state index is 0.0754. The van der Waals surface area contributed by atoms with E-state index in [9.17, 15) is 12.8 Å². The van der Waals surface area contributed by atoms with Crippen LogP contribution in [0.5, 0.6) is 0 Å². The van der Waals surface area contributed by atoms with Gasteiger partial charge in [0.15, 0.2) is 0 Å². The van der Waals surface area contributed by atoms with E-state index in [0.717, 1.165) is 12.8 Å². The number of nitrogens with one attached hydrogen (secondary N) is 1. The quantitative estimate of drug-likeness (QED) is 0.888. The van der Waals surface area contributed by atoms with Crippen LogP contribution in [0.3, 0.4) is 0 Å². The lowest BCUT2D eigenvalue weighted by atomic mass is 10.0. The second-order valence-corrected chi connectivity index (χ2v) is 6.89. The van der Waals surface area contributed by atoms with Gasteiger partial charge < -0.3 is 5.73 Å². The van der Waals surface area contributed by atoms with E-state index in [1.54, 1.807) is 0 Å². The lowest BCUT2D eigenvalue weighted by Gasteiger charge is -2.30. The van der Waals surface area contributed by atoms with Gasteiger partial charge >= 0.3 is 10.2 Å². The Balaban J connectivity index is 2.19. The summed E-state index contributed by atoms with van der Waals surface area (Å²) in [5, 5.41) is 0. The molecule has 0 aliphatic carbocycles. The van der Waals surface area contributed by atoms with Gasteiger partial charge in [-0.05, 0) is 42.5 Å². The van der Waals surface area contributed by atoms with Gasteiger partial charge in [-0.2, -0.15) is 12.7 Å². The van der Waals surface area contributed by atoms with Crippen LogP contribution in [-0.4, -0.2) is 25.8 Å². The van der Waals surface area contributed by atoms with Crippen molar-refractivity contribution in [2.45, 2.75) is 26.3 Å². The molecular weight excluding hydrogens is 281 g/mol. The number of benzene rings is 1. The molecule has 0 spiro atoms. The maximum absolute atomic E-state index is 13.1. The van der Waals surface area contributed by atoms with Crippen molar-refractivity contribution in [2.75, 3.05) is 17.8 Å². The molecule has 1 unspecified atom stereocenters. The van der Waals surface area contributed by atoms with Crippen LogP contribution in [-0.2, 0) is 16.8 Å². The Morgan fingerprint density at radius 1 is 1.50 bits per heavy atom. The lowest BCUT2D eigenvalue weighted by Crippen LogP contribution is -2.42.